The molecular weight excluding hydrogens is 773 g/mol. The minimum atomic E-state index is -0.292. The third-order valence-electron chi connectivity index (χ3n) is 9.44. The van der Waals surface area contributed by atoms with Crippen LogP contribution in [-0.4, -0.2) is 37.5 Å². The van der Waals surface area contributed by atoms with Crippen molar-refractivity contribution in [1.82, 2.24) is 0 Å². The Labute approximate surface area is 373 Å². The predicted octanol–water partition coefficient (Wildman–Crippen LogP) is 13.5. The molecule has 0 aromatic heterocycles. The van der Waals surface area contributed by atoms with Crippen LogP contribution in [0.1, 0.15) is 129 Å². The van der Waals surface area contributed by atoms with Crippen LogP contribution >= 0.6 is 0 Å². The highest BCUT2D eigenvalue weighted by Crippen LogP contribution is 2.53. The molecule has 6 rings (SSSR count). The lowest BCUT2D eigenvalue weighted by Crippen LogP contribution is -2.41. The van der Waals surface area contributed by atoms with Crippen molar-refractivity contribution in [2.24, 2.45) is 11.3 Å². The first-order valence-electron chi connectivity index (χ1n) is 21.1. The number of hydrogen-bond donors (Lipinski definition) is 0. The largest absolute Gasteiger partial charge is 0.497 e. The molecule has 2 unspecified atom stereocenters. The fourth-order valence-electron chi connectivity index (χ4n) is 7.38. The van der Waals surface area contributed by atoms with Crippen LogP contribution in [0.15, 0.2) is 140 Å². The van der Waals surface area contributed by atoms with Crippen molar-refractivity contribution >= 4 is 23.3 Å². The Morgan fingerprint density at radius 1 is 0.565 bits per heavy atom. The molecule has 5 aromatic rings. The minimum absolute atomic E-state index is 0.0171. The van der Waals surface area contributed by atoms with Crippen LogP contribution in [0.4, 0.5) is 0 Å². The molecule has 7 heteroatoms. The fourth-order valence-corrected chi connectivity index (χ4v) is 7.38. The van der Waals surface area contributed by atoms with Crippen molar-refractivity contribution in [1.29, 1.82) is 0 Å². The van der Waals surface area contributed by atoms with Crippen LogP contribution in [0.25, 0.3) is 0 Å². The Hall–Kier alpha value is -5.82. The molecule has 62 heavy (non-hydrogen) atoms. The van der Waals surface area contributed by atoms with E-state index in [4.69, 9.17) is 14.2 Å². The van der Waals surface area contributed by atoms with Crippen LogP contribution in [0.5, 0.6) is 17.2 Å². The standard InChI is InChI=1S/C24H30O3.C13H18O2.2C6H6.2C3H6O/c1-17-14-23(3,4)16-24(15-17,19-6-10-21(26-5)11-7-19)20-8-12-22(13-9-20)27-18(2)25;1-9(14)10-6-7-12(15-5)11(8-10)13(2,3)4;2*1-2-4-6-5-3-1;2*1-3(2)4/h6-13,17H,14-16H2,1-5H3;6-8H,1-5H3;2*1-6H;2*1-2H3. The maximum atomic E-state index is 11.3. The van der Waals surface area contributed by atoms with E-state index in [1.807, 2.05) is 97.1 Å². The molecule has 5 aromatic carbocycles. The number of carbonyl (C=O) groups is 4. The Bertz CT molecular complexity index is 1940. The molecule has 1 fully saturated rings. The number of benzene rings is 5. The summed E-state index contributed by atoms with van der Waals surface area (Å²) in [6.07, 6.45) is 3.43. The normalized spacial score (nSPS) is 15.7. The van der Waals surface area contributed by atoms with Gasteiger partial charge in [-0.05, 0) is 124 Å². The summed E-state index contributed by atoms with van der Waals surface area (Å²) in [6.45, 7) is 22.5. The lowest BCUT2D eigenvalue weighted by atomic mass is 9.55. The van der Waals surface area contributed by atoms with E-state index >= 15 is 0 Å². The minimum Gasteiger partial charge on any atom is -0.497 e. The Kier molecular flexibility index (Phi) is 23.8. The van der Waals surface area contributed by atoms with Crippen LogP contribution in [0.3, 0.4) is 0 Å². The quantitative estimate of drug-likeness (QED) is 0.0954. The summed E-state index contributed by atoms with van der Waals surface area (Å²) in [6, 6.07) is 46.2. The van der Waals surface area contributed by atoms with Crippen molar-refractivity contribution in [2.75, 3.05) is 14.2 Å². The summed E-state index contributed by atoms with van der Waals surface area (Å²) >= 11 is 0. The molecule has 0 radical (unpaired) electrons. The lowest BCUT2D eigenvalue weighted by molar-refractivity contribution is -0.132. The van der Waals surface area contributed by atoms with Gasteiger partial charge in [0.05, 0.1) is 14.2 Å². The average Bonchev–Trinajstić information content (AvgIpc) is 3.21. The molecule has 1 aliphatic rings. The van der Waals surface area contributed by atoms with E-state index in [9.17, 15) is 19.2 Å². The maximum absolute atomic E-state index is 11.3. The number of rotatable bonds is 6. The molecule has 0 heterocycles. The van der Waals surface area contributed by atoms with Crippen LogP contribution < -0.4 is 14.2 Å². The maximum Gasteiger partial charge on any atom is 0.308 e. The van der Waals surface area contributed by atoms with E-state index in [0.717, 1.165) is 35.5 Å². The summed E-state index contributed by atoms with van der Waals surface area (Å²) in [5.41, 5.74) is 4.59. The summed E-state index contributed by atoms with van der Waals surface area (Å²) in [5.74, 6) is 3.07. The first-order chi connectivity index (χ1) is 29.1. The Balaban J connectivity index is 0.000000454. The van der Waals surface area contributed by atoms with Crippen molar-refractivity contribution in [3.8, 4) is 17.2 Å². The summed E-state index contributed by atoms with van der Waals surface area (Å²) in [5, 5.41) is 0. The first-order valence-corrected chi connectivity index (χ1v) is 21.1. The lowest BCUT2D eigenvalue weighted by Gasteiger charge is -2.48. The highest BCUT2D eigenvalue weighted by molar-refractivity contribution is 5.94. The van der Waals surface area contributed by atoms with E-state index in [2.05, 4.69) is 77.9 Å². The molecule has 0 spiro atoms. The van der Waals surface area contributed by atoms with Crippen LogP contribution in [0.2, 0.25) is 0 Å². The van der Waals surface area contributed by atoms with E-state index in [1.165, 1.54) is 52.2 Å². The van der Waals surface area contributed by atoms with Gasteiger partial charge in [0.15, 0.2) is 5.78 Å². The average molecular weight is 845 g/mol. The molecule has 1 aliphatic carbocycles. The van der Waals surface area contributed by atoms with Crippen molar-refractivity contribution in [2.45, 2.75) is 113 Å². The fraction of sp³-hybridized carbons (Fsp3) is 0.382. The van der Waals surface area contributed by atoms with E-state index in [0.29, 0.717) is 11.7 Å². The second-order valence-electron chi connectivity index (χ2n) is 17.6. The molecular formula is C55H72O7. The predicted molar refractivity (Wildman–Crippen MR) is 256 cm³/mol. The number of ether oxygens (including phenoxy) is 3. The van der Waals surface area contributed by atoms with Gasteiger partial charge >= 0.3 is 5.97 Å². The van der Waals surface area contributed by atoms with Gasteiger partial charge in [-0.2, -0.15) is 0 Å². The molecule has 0 bridgehead atoms. The van der Waals surface area contributed by atoms with Crippen molar-refractivity contribution in [3.05, 3.63) is 162 Å². The second-order valence-corrected chi connectivity index (χ2v) is 17.6. The van der Waals surface area contributed by atoms with Gasteiger partial charge in [0.1, 0.15) is 28.8 Å². The van der Waals surface area contributed by atoms with Gasteiger partial charge in [0.25, 0.3) is 0 Å². The van der Waals surface area contributed by atoms with Crippen LogP contribution in [-0.2, 0) is 25.2 Å². The van der Waals surface area contributed by atoms with Gasteiger partial charge in [-0.15, -0.1) is 0 Å². The van der Waals surface area contributed by atoms with Gasteiger partial charge in [-0.3, -0.25) is 9.59 Å². The molecule has 2 atom stereocenters. The number of esters is 1. The van der Waals surface area contributed by atoms with Crippen LogP contribution in [0, 0.1) is 11.3 Å². The van der Waals surface area contributed by atoms with E-state index in [-0.39, 0.29) is 39.6 Å². The third kappa shape index (κ3) is 21.1. The number of methoxy groups -OCH3 is 2. The number of carbonyl (C=O) groups excluding carboxylic acids is 4. The SMILES string of the molecule is CC(C)=O.CC(C)=O.COc1ccc(C(C)=O)cc1C(C)(C)C.COc1ccc(C2(c3ccc(OC(C)=O)cc3)CC(C)CC(C)(C)C2)cc1.c1ccccc1.c1ccccc1. The molecule has 1 saturated carbocycles. The molecule has 0 saturated heterocycles. The second kappa shape index (κ2) is 27.2. The monoisotopic (exact) mass is 845 g/mol. The number of hydrogen-bond acceptors (Lipinski definition) is 7. The van der Waals surface area contributed by atoms with E-state index in [1.54, 1.807) is 27.2 Å². The number of Topliss-reactive ketones (excluding diaryl/α,β-unsaturated/α-hetero) is 3. The summed E-state index contributed by atoms with van der Waals surface area (Å²) in [7, 11) is 3.35. The van der Waals surface area contributed by atoms with E-state index < -0.39 is 0 Å². The van der Waals surface area contributed by atoms with Gasteiger partial charge in [0.2, 0.25) is 0 Å². The van der Waals surface area contributed by atoms with Gasteiger partial charge in [-0.25, -0.2) is 0 Å². The third-order valence-corrected chi connectivity index (χ3v) is 9.44. The Morgan fingerprint density at radius 3 is 1.26 bits per heavy atom. The zero-order valence-electron chi connectivity index (χ0n) is 39.8. The summed E-state index contributed by atoms with van der Waals surface area (Å²) < 4.78 is 15.9. The molecule has 334 valence electrons. The first kappa shape index (κ1) is 54.2. The molecule has 0 N–H and O–H groups in total. The molecule has 7 nitrogen and oxygen atoms in total. The molecule has 0 aliphatic heterocycles. The summed E-state index contributed by atoms with van der Waals surface area (Å²) in [4.78, 5) is 41.4. The topological polar surface area (TPSA) is 96.0 Å². The van der Waals surface area contributed by atoms with Crippen molar-refractivity contribution in [3.63, 3.8) is 0 Å². The highest BCUT2D eigenvalue weighted by Gasteiger charge is 2.45. The number of ketones is 3. The zero-order valence-corrected chi connectivity index (χ0v) is 39.8. The van der Waals surface area contributed by atoms with Crippen molar-refractivity contribution < 1.29 is 33.4 Å². The zero-order chi connectivity index (χ0) is 46.9. The van der Waals surface area contributed by atoms with Gasteiger partial charge in [-0.1, -0.05) is 139 Å². The van der Waals surface area contributed by atoms with Gasteiger partial charge in [0, 0.05) is 23.5 Å². The molecule has 0 amide bonds. The Morgan fingerprint density at radius 2 is 0.952 bits per heavy atom. The van der Waals surface area contributed by atoms with Gasteiger partial charge < -0.3 is 23.8 Å². The highest BCUT2D eigenvalue weighted by atomic mass is 16.5. The smallest absolute Gasteiger partial charge is 0.308 e.